The number of rotatable bonds is 2. The topological polar surface area (TPSA) is 113 Å². The molecular formula is C30H35ClFN5O5S. The van der Waals surface area contributed by atoms with Crippen LogP contribution in [-0.4, -0.2) is 76.3 Å². The highest BCUT2D eigenvalue weighted by Gasteiger charge is 2.36. The number of halogens is 2. The molecular weight excluding hydrogens is 597 g/mol. The second-order valence-electron chi connectivity index (χ2n) is 12.6. The number of amides is 3. The van der Waals surface area contributed by atoms with E-state index in [-0.39, 0.29) is 27.9 Å². The highest BCUT2D eigenvalue weighted by molar-refractivity contribution is 7.22. The lowest BCUT2D eigenvalue weighted by Gasteiger charge is -2.43. The van der Waals surface area contributed by atoms with Crippen molar-refractivity contribution in [1.29, 1.82) is 0 Å². The van der Waals surface area contributed by atoms with Crippen LogP contribution in [0.1, 0.15) is 58.3 Å². The molecule has 0 saturated carbocycles. The van der Waals surface area contributed by atoms with Crippen LogP contribution in [0.4, 0.5) is 24.8 Å². The molecule has 0 unspecified atom stereocenters. The summed E-state index contributed by atoms with van der Waals surface area (Å²) in [6, 6.07) is 6.12. The van der Waals surface area contributed by atoms with E-state index in [1.807, 2.05) is 20.8 Å². The van der Waals surface area contributed by atoms with Crippen molar-refractivity contribution < 1.29 is 28.2 Å². The molecule has 1 atom stereocenters. The smallest absolute Gasteiger partial charge is 0.413 e. The fourth-order valence-electron chi connectivity index (χ4n) is 5.13. The molecule has 10 nitrogen and oxygen atoms in total. The number of carbonyl (C=O) groups excluding carboxylic acids is 3. The maximum Gasteiger partial charge on any atom is 0.413 e. The zero-order valence-electron chi connectivity index (χ0n) is 25.0. The van der Waals surface area contributed by atoms with Crippen LogP contribution in [0.25, 0.3) is 21.3 Å². The second kappa shape index (κ2) is 11.5. The van der Waals surface area contributed by atoms with Crippen molar-refractivity contribution >= 4 is 62.1 Å². The van der Waals surface area contributed by atoms with E-state index >= 15 is 0 Å². The average molecular weight is 632 g/mol. The third-order valence-corrected chi connectivity index (χ3v) is 8.21. The Labute approximate surface area is 258 Å². The van der Waals surface area contributed by atoms with Crippen molar-refractivity contribution in [3.63, 3.8) is 0 Å². The second-order valence-corrected chi connectivity index (χ2v) is 14.0. The third kappa shape index (κ3) is 6.80. The lowest BCUT2D eigenvalue weighted by atomic mass is 9.98. The number of piperazine rings is 1. The van der Waals surface area contributed by atoms with Gasteiger partial charge in [0.05, 0.1) is 21.8 Å². The number of benzene rings is 2. The molecule has 2 aromatic carbocycles. The van der Waals surface area contributed by atoms with E-state index in [1.165, 1.54) is 6.07 Å². The van der Waals surface area contributed by atoms with Crippen LogP contribution in [0, 0.1) is 5.82 Å². The van der Waals surface area contributed by atoms with Gasteiger partial charge in [-0.2, -0.15) is 0 Å². The number of nitrogens with one attached hydrogen (secondary N) is 2. The van der Waals surface area contributed by atoms with Crippen molar-refractivity contribution in [3.8, 4) is 11.1 Å². The number of hydrogen-bond acceptors (Lipinski definition) is 8. The first-order chi connectivity index (χ1) is 20.1. The van der Waals surface area contributed by atoms with E-state index in [4.69, 9.17) is 21.1 Å². The molecule has 43 heavy (non-hydrogen) atoms. The maximum absolute atomic E-state index is 14.8. The predicted molar refractivity (Wildman–Crippen MR) is 166 cm³/mol. The van der Waals surface area contributed by atoms with Crippen molar-refractivity contribution in [2.45, 2.75) is 65.2 Å². The van der Waals surface area contributed by atoms with E-state index in [2.05, 4.69) is 15.6 Å². The number of fused-ring (bicyclic) bond motifs is 3. The van der Waals surface area contributed by atoms with Gasteiger partial charge >= 0.3 is 12.2 Å². The third-order valence-electron chi connectivity index (χ3n) is 6.92. The Morgan fingerprint density at radius 1 is 1.07 bits per heavy atom. The molecule has 230 valence electrons. The Morgan fingerprint density at radius 3 is 2.49 bits per heavy atom. The van der Waals surface area contributed by atoms with Crippen LogP contribution in [0.3, 0.4) is 0 Å². The molecule has 5 rings (SSSR count). The van der Waals surface area contributed by atoms with E-state index < -0.39 is 23.1 Å². The van der Waals surface area contributed by atoms with Gasteiger partial charge in [0.1, 0.15) is 17.0 Å². The minimum absolute atomic E-state index is 0.183. The largest absolute Gasteiger partial charge is 0.444 e. The summed E-state index contributed by atoms with van der Waals surface area (Å²) in [7, 11) is 0. The number of hydrogen-bond donors (Lipinski definition) is 2. The van der Waals surface area contributed by atoms with E-state index in [1.54, 1.807) is 48.8 Å². The van der Waals surface area contributed by atoms with Gasteiger partial charge < -0.3 is 24.6 Å². The van der Waals surface area contributed by atoms with Crippen LogP contribution in [0.5, 0.6) is 0 Å². The Balaban J connectivity index is 1.43. The summed E-state index contributed by atoms with van der Waals surface area (Å²) >= 11 is 7.78. The van der Waals surface area contributed by atoms with Gasteiger partial charge in [-0.05, 0) is 72.2 Å². The molecule has 3 heterocycles. The highest BCUT2D eigenvalue weighted by atomic mass is 35.5. The van der Waals surface area contributed by atoms with Crippen molar-refractivity contribution in [1.82, 2.24) is 14.8 Å². The van der Waals surface area contributed by atoms with Gasteiger partial charge in [0.2, 0.25) is 0 Å². The lowest BCUT2D eigenvalue weighted by Crippen LogP contribution is -2.58. The summed E-state index contributed by atoms with van der Waals surface area (Å²) in [5, 5.41) is 6.41. The Hall–Kier alpha value is -3.64. The molecule has 2 aliphatic heterocycles. The summed E-state index contributed by atoms with van der Waals surface area (Å²) in [5.74, 6) is -0.674. The average Bonchev–Trinajstić information content (AvgIpc) is 3.31. The fraction of sp³-hybridized carbons (Fsp3) is 0.467. The van der Waals surface area contributed by atoms with E-state index in [0.29, 0.717) is 65.5 Å². The first-order valence-electron chi connectivity index (χ1n) is 14.1. The molecule has 13 heteroatoms. The summed E-state index contributed by atoms with van der Waals surface area (Å²) < 4.78 is 25.9. The zero-order chi connectivity index (χ0) is 31.3. The first-order valence-corrected chi connectivity index (χ1v) is 15.2. The van der Waals surface area contributed by atoms with Gasteiger partial charge in [-0.1, -0.05) is 22.9 Å². The van der Waals surface area contributed by atoms with Gasteiger partial charge in [-0.3, -0.25) is 10.1 Å². The van der Waals surface area contributed by atoms with Crippen LogP contribution in [0.2, 0.25) is 5.02 Å². The molecule has 0 spiro atoms. The molecule has 0 radical (unpaired) electrons. The van der Waals surface area contributed by atoms with Crippen LogP contribution >= 0.6 is 22.9 Å². The summed E-state index contributed by atoms with van der Waals surface area (Å²) in [4.78, 5) is 46.7. The maximum atomic E-state index is 14.8. The summed E-state index contributed by atoms with van der Waals surface area (Å²) in [5.41, 5.74) is 1.13. The molecule has 0 bridgehead atoms. The lowest BCUT2D eigenvalue weighted by molar-refractivity contribution is 0.00368. The van der Waals surface area contributed by atoms with Crippen LogP contribution in [-0.2, 0) is 9.47 Å². The molecule has 3 amide bonds. The van der Waals surface area contributed by atoms with E-state index in [0.717, 1.165) is 11.3 Å². The number of thiazole rings is 1. The summed E-state index contributed by atoms with van der Waals surface area (Å²) in [6.07, 6.45) is -0.463. The first kappa shape index (κ1) is 30.8. The number of ether oxygens (including phenoxy) is 2. The van der Waals surface area contributed by atoms with Gasteiger partial charge in [-0.25, -0.2) is 19.0 Å². The van der Waals surface area contributed by atoms with Gasteiger partial charge in [-0.15, -0.1) is 0 Å². The van der Waals surface area contributed by atoms with E-state index in [9.17, 15) is 18.8 Å². The molecule has 2 aliphatic rings. The monoisotopic (exact) mass is 631 g/mol. The molecule has 1 saturated heterocycles. The summed E-state index contributed by atoms with van der Waals surface area (Å²) in [6.45, 7) is 12.4. The van der Waals surface area contributed by atoms with Crippen LogP contribution < -0.4 is 10.6 Å². The highest BCUT2D eigenvalue weighted by Crippen LogP contribution is 2.41. The molecule has 0 aliphatic carbocycles. The fourth-order valence-corrected chi connectivity index (χ4v) is 6.28. The normalized spacial score (nSPS) is 17.4. The van der Waals surface area contributed by atoms with Gasteiger partial charge in [0, 0.05) is 48.0 Å². The molecule has 1 fully saturated rings. The van der Waals surface area contributed by atoms with Gasteiger partial charge in [0.15, 0.2) is 5.13 Å². The molecule has 1 aromatic heterocycles. The molecule has 2 N–H and O–H groups in total. The SMILES string of the molecule is CC(C)(C)OC(=O)Nc1nc2c(-c3cc4c(cc3Cl)C(=O)N3CCN(C(=O)OC(C)(C)C)C[C@@H]3CCN4)ccc(F)c2s1. The number of anilines is 2. The Bertz CT molecular complexity index is 1600. The number of aromatic nitrogens is 1. The van der Waals surface area contributed by atoms with Crippen molar-refractivity contribution in [2.75, 3.05) is 36.8 Å². The number of carbonyl (C=O) groups is 3. The quantitative estimate of drug-likeness (QED) is 0.314. The predicted octanol–water partition coefficient (Wildman–Crippen LogP) is 6.98. The zero-order valence-corrected chi connectivity index (χ0v) is 26.5. The molecule has 3 aromatic rings. The standard InChI is InChI=1S/C30H35ClFN5O5S/c1-29(2,3)41-27(39)35-26-34-23-17(7-8-21(32)24(23)43-26)18-14-22-19(13-20(18)31)25(38)37-12-11-36(15-16(37)9-10-33-22)28(40)42-30(4,5)6/h7-8,13-14,16,33H,9-12,15H2,1-6H3,(H,34,35,39)/t16-/m0/s1. The van der Waals surface area contributed by atoms with Gasteiger partial charge in [0.25, 0.3) is 5.91 Å². The minimum atomic E-state index is -0.707. The number of nitrogens with zero attached hydrogens (tertiary/aromatic N) is 3. The minimum Gasteiger partial charge on any atom is -0.444 e. The van der Waals surface area contributed by atoms with Crippen LogP contribution in [0.15, 0.2) is 24.3 Å². The Kier molecular flexibility index (Phi) is 8.21. The van der Waals surface area contributed by atoms with Crippen molar-refractivity contribution in [2.24, 2.45) is 0 Å². The Morgan fingerprint density at radius 2 is 1.79 bits per heavy atom. The van der Waals surface area contributed by atoms with Crippen molar-refractivity contribution in [3.05, 3.63) is 40.7 Å².